The minimum atomic E-state index is -0.330. The molecule has 4 bridgehead atoms. The van der Waals surface area contributed by atoms with Crippen LogP contribution >= 0.6 is 0 Å². The molecule has 1 aliphatic heterocycles. The van der Waals surface area contributed by atoms with Crippen molar-refractivity contribution >= 4 is 34.4 Å². The number of amides is 4. The molecule has 4 aliphatic carbocycles. The summed E-state index contributed by atoms with van der Waals surface area (Å²) in [7, 11) is 0. The van der Waals surface area contributed by atoms with Gasteiger partial charge in [-0.1, -0.05) is 24.3 Å². The molecule has 7 rings (SSSR count). The summed E-state index contributed by atoms with van der Waals surface area (Å²) >= 11 is 0. The van der Waals surface area contributed by atoms with E-state index < -0.39 is 0 Å². The molecule has 2 aromatic carbocycles. The van der Waals surface area contributed by atoms with E-state index in [-0.39, 0.29) is 42.0 Å². The molecule has 7 nitrogen and oxygen atoms in total. The fourth-order valence-corrected chi connectivity index (χ4v) is 7.77. The van der Waals surface area contributed by atoms with Crippen LogP contribution in [0.3, 0.4) is 0 Å². The highest BCUT2D eigenvalue weighted by molar-refractivity contribution is 6.25. The van der Waals surface area contributed by atoms with Crippen molar-refractivity contribution in [3.05, 3.63) is 47.5 Å². The molecule has 35 heavy (non-hydrogen) atoms. The number of carbonyl (C=O) groups excluding carboxylic acids is 4. The minimum Gasteiger partial charge on any atom is -0.274 e. The second-order valence-electron chi connectivity index (χ2n) is 11.3. The molecule has 0 unspecified atom stereocenters. The summed E-state index contributed by atoms with van der Waals surface area (Å²) in [5.74, 6) is 1.25. The Balaban J connectivity index is 0.996. The van der Waals surface area contributed by atoms with Crippen LogP contribution in [0.2, 0.25) is 0 Å². The molecule has 0 spiro atoms. The van der Waals surface area contributed by atoms with Gasteiger partial charge in [0.05, 0.1) is 0 Å². The van der Waals surface area contributed by atoms with Crippen LogP contribution in [0.4, 0.5) is 0 Å². The summed E-state index contributed by atoms with van der Waals surface area (Å²) in [5.41, 5.74) is 6.28. The molecular formula is C28H31N3O4. The topological polar surface area (TPSA) is 95.6 Å². The van der Waals surface area contributed by atoms with Crippen LogP contribution in [-0.2, 0) is 9.59 Å². The van der Waals surface area contributed by atoms with Crippen LogP contribution in [0.5, 0.6) is 0 Å². The molecule has 0 atom stereocenters. The van der Waals surface area contributed by atoms with Gasteiger partial charge in [0.15, 0.2) is 0 Å². The van der Waals surface area contributed by atoms with Crippen LogP contribution in [0.1, 0.15) is 78.5 Å². The number of hydrogen-bond donors (Lipinski definition) is 2. The third kappa shape index (κ3) is 4.01. The van der Waals surface area contributed by atoms with E-state index in [1.54, 1.807) is 12.1 Å². The first kappa shape index (κ1) is 22.3. The molecule has 5 aliphatic rings. The monoisotopic (exact) mass is 473 g/mol. The number of nitrogens with zero attached hydrogens (tertiary/aromatic N) is 1. The maximum Gasteiger partial charge on any atom is 0.261 e. The Hall–Kier alpha value is -3.22. The molecule has 0 saturated heterocycles. The van der Waals surface area contributed by atoms with Crippen molar-refractivity contribution in [2.75, 3.05) is 6.54 Å². The lowest BCUT2D eigenvalue weighted by Gasteiger charge is -2.56. The highest BCUT2D eigenvalue weighted by Crippen LogP contribution is 2.61. The maximum absolute atomic E-state index is 13.0. The Labute approximate surface area is 204 Å². The van der Waals surface area contributed by atoms with Gasteiger partial charge in [0, 0.05) is 35.9 Å². The average molecular weight is 474 g/mol. The van der Waals surface area contributed by atoms with Crippen LogP contribution in [0.25, 0.3) is 10.8 Å². The number of benzene rings is 2. The summed E-state index contributed by atoms with van der Waals surface area (Å²) in [5, 5.41) is 1.56. The second kappa shape index (κ2) is 8.47. The quantitative estimate of drug-likeness (QED) is 0.490. The lowest BCUT2D eigenvalue weighted by atomic mass is 9.49. The number of imide groups is 1. The van der Waals surface area contributed by atoms with E-state index in [1.807, 2.05) is 24.3 Å². The summed E-state index contributed by atoms with van der Waals surface area (Å²) < 4.78 is 0. The fraction of sp³-hybridized carbons (Fsp3) is 0.500. The van der Waals surface area contributed by atoms with Gasteiger partial charge in [-0.3, -0.25) is 34.9 Å². The summed E-state index contributed by atoms with van der Waals surface area (Å²) in [6.07, 6.45) is 8.37. The smallest absolute Gasteiger partial charge is 0.261 e. The largest absolute Gasteiger partial charge is 0.274 e. The standard InChI is InChI=1S/C28H31N3O4/c32-23(29-30-24(33)16-28-13-17-10-18(14-28)12-19(11-17)15-28)8-3-9-31-26(34)21-6-1-4-20-5-2-7-22(25(20)21)27(31)35/h1-2,4-7,17-19H,3,8-16H2,(H,29,32)(H,30,33). The van der Waals surface area contributed by atoms with Crippen molar-refractivity contribution in [3.8, 4) is 0 Å². The highest BCUT2D eigenvalue weighted by atomic mass is 16.2. The SMILES string of the molecule is O=C(CCCN1C(=O)c2cccc3cccc(c23)C1=O)NNC(=O)CC12CC3CC(CC(C3)C1)C2. The fourth-order valence-electron chi connectivity index (χ4n) is 7.77. The molecule has 0 radical (unpaired) electrons. The summed E-state index contributed by atoms with van der Waals surface area (Å²) in [6.45, 7) is 0.150. The predicted molar refractivity (Wildman–Crippen MR) is 130 cm³/mol. The zero-order valence-electron chi connectivity index (χ0n) is 19.8. The van der Waals surface area contributed by atoms with Crippen molar-refractivity contribution < 1.29 is 19.2 Å². The van der Waals surface area contributed by atoms with Crippen LogP contribution in [0, 0.1) is 23.2 Å². The Kier molecular flexibility index (Phi) is 5.38. The zero-order chi connectivity index (χ0) is 24.2. The van der Waals surface area contributed by atoms with E-state index in [4.69, 9.17) is 0 Å². The third-order valence-electron chi connectivity index (χ3n) is 8.68. The van der Waals surface area contributed by atoms with Crippen molar-refractivity contribution in [1.29, 1.82) is 0 Å². The van der Waals surface area contributed by atoms with Crippen LogP contribution < -0.4 is 10.9 Å². The van der Waals surface area contributed by atoms with Crippen molar-refractivity contribution in [2.45, 2.75) is 57.8 Å². The average Bonchev–Trinajstić information content (AvgIpc) is 2.82. The van der Waals surface area contributed by atoms with Crippen LogP contribution in [-0.4, -0.2) is 35.1 Å². The van der Waals surface area contributed by atoms with E-state index in [0.717, 1.165) is 42.4 Å². The van der Waals surface area contributed by atoms with Gasteiger partial charge in [0.2, 0.25) is 11.8 Å². The van der Waals surface area contributed by atoms with E-state index in [2.05, 4.69) is 10.9 Å². The van der Waals surface area contributed by atoms with E-state index in [0.29, 0.717) is 29.4 Å². The van der Waals surface area contributed by atoms with Crippen molar-refractivity contribution in [3.63, 3.8) is 0 Å². The molecule has 1 heterocycles. The predicted octanol–water partition coefficient (Wildman–Crippen LogP) is 3.97. The molecule has 0 aromatic heterocycles. The van der Waals surface area contributed by atoms with Gasteiger partial charge in [-0.15, -0.1) is 0 Å². The molecule has 4 fully saturated rings. The lowest BCUT2D eigenvalue weighted by molar-refractivity contribution is -0.134. The molecule has 7 heteroatoms. The maximum atomic E-state index is 13.0. The molecule has 4 amide bonds. The molecule has 2 aromatic rings. The lowest BCUT2D eigenvalue weighted by Crippen LogP contribution is -2.50. The Bertz CT molecular complexity index is 1150. The van der Waals surface area contributed by atoms with Crippen molar-refractivity contribution in [1.82, 2.24) is 15.8 Å². The van der Waals surface area contributed by atoms with Gasteiger partial charge in [-0.05, 0) is 85.6 Å². The Morgan fingerprint density at radius 1 is 0.829 bits per heavy atom. The van der Waals surface area contributed by atoms with Crippen LogP contribution in [0.15, 0.2) is 36.4 Å². The van der Waals surface area contributed by atoms with Gasteiger partial charge in [0.25, 0.3) is 11.8 Å². The van der Waals surface area contributed by atoms with Gasteiger partial charge >= 0.3 is 0 Å². The number of rotatable bonds is 6. The second-order valence-corrected chi connectivity index (χ2v) is 11.3. The number of hydrazine groups is 1. The van der Waals surface area contributed by atoms with Gasteiger partial charge in [-0.2, -0.15) is 0 Å². The normalized spacial score (nSPS) is 28.5. The first-order valence-electron chi connectivity index (χ1n) is 12.9. The Morgan fingerprint density at radius 2 is 1.37 bits per heavy atom. The van der Waals surface area contributed by atoms with E-state index >= 15 is 0 Å². The molecule has 182 valence electrons. The zero-order valence-corrected chi connectivity index (χ0v) is 19.8. The number of hydrogen-bond acceptors (Lipinski definition) is 4. The third-order valence-corrected chi connectivity index (χ3v) is 8.68. The molecular weight excluding hydrogens is 442 g/mol. The number of nitrogens with one attached hydrogen (secondary N) is 2. The van der Waals surface area contributed by atoms with Gasteiger partial charge in [-0.25, -0.2) is 0 Å². The van der Waals surface area contributed by atoms with E-state index in [1.165, 1.54) is 24.2 Å². The minimum absolute atomic E-state index is 0.112. The van der Waals surface area contributed by atoms with E-state index in [9.17, 15) is 19.2 Å². The summed E-state index contributed by atoms with van der Waals surface area (Å²) in [6, 6.07) is 10.9. The first-order chi connectivity index (χ1) is 16.9. The number of carbonyl (C=O) groups is 4. The highest BCUT2D eigenvalue weighted by Gasteiger charge is 2.51. The Morgan fingerprint density at radius 3 is 1.94 bits per heavy atom. The molecule has 4 saturated carbocycles. The summed E-state index contributed by atoms with van der Waals surface area (Å²) in [4.78, 5) is 52.1. The molecule has 2 N–H and O–H groups in total. The van der Waals surface area contributed by atoms with Crippen molar-refractivity contribution in [2.24, 2.45) is 23.2 Å². The van der Waals surface area contributed by atoms with Gasteiger partial charge in [0.1, 0.15) is 0 Å². The van der Waals surface area contributed by atoms with Gasteiger partial charge < -0.3 is 0 Å². The first-order valence-corrected chi connectivity index (χ1v) is 12.9.